The molecule has 1 heterocycles. The van der Waals surface area contributed by atoms with E-state index >= 15 is 0 Å². The average Bonchev–Trinajstić information content (AvgIpc) is 2.27. The molecular formula is C11H21NO. The highest BCUT2D eigenvalue weighted by atomic mass is 16.1. The van der Waals surface area contributed by atoms with Crippen molar-refractivity contribution in [1.82, 2.24) is 5.32 Å². The van der Waals surface area contributed by atoms with Gasteiger partial charge in [-0.2, -0.15) is 0 Å². The third kappa shape index (κ3) is 2.80. The summed E-state index contributed by atoms with van der Waals surface area (Å²) in [5, 5.41) is 3.33. The summed E-state index contributed by atoms with van der Waals surface area (Å²) >= 11 is 0. The van der Waals surface area contributed by atoms with Crippen molar-refractivity contribution in [1.29, 1.82) is 0 Å². The molecule has 0 aromatic rings. The number of Topliss-reactive ketones (excluding diaryl/α,β-unsaturated/α-hetero) is 1. The molecule has 13 heavy (non-hydrogen) atoms. The van der Waals surface area contributed by atoms with Gasteiger partial charge in [-0.1, -0.05) is 20.3 Å². The van der Waals surface area contributed by atoms with Crippen LogP contribution >= 0.6 is 0 Å². The van der Waals surface area contributed by atoms with Crippen LogP contribution in [0.25, 0.3) is 0 Å². The number of ketones is 1. The molecule has 2 nitrogen and oxygen atoms in total. The van der Waals surface area contributed by atoms with E-state index in [1.165, 1.54) is 12.8 Å². The molecule has 76 valence electrons. The second-order valence-electron chi connectivity index (χ2n) is 4.29. The first-order valence-corrected chi connectivity index (χ1v) is 5.39. The first-order chi connectivity index (χ1) is 6.15. The summed E-state index contributed by atoms with van der Waals surface area (Å²) in [6.07, 6.45) is 3.45. The molecule has 0 aliphatic carbocycles. The van der Waals surface area contributed by atoms with Crippen molar-refractivity contribution in [2.75, 3.05) is 6.54 Å². The summed E-state index contributed by atoms with van der Waals surface area (Å²) in [5.74, 6) is 1.79. The molecule has 0 amide bonds. The van der Waals surface area contributed by atoms with Crippen molar-refractivity contribution in [2.45, 2.75) is 46.1 Å². The molecule has 3 unspecified atom stereocenters. The Kier molecular flexibility index (Phi) is 3.91. The van der Waals surface area contributed by atoms with Crippen molar-refractivity contribution < 1.29 is 4.79 Å². The van der Waals surface area contributed by atoms with Gasteiger partial charge in [0.2, 0.25) is 0 Å². The zero-order chi connectivity index (χ0) is 9.84. The highest BCUT2D eigenvalue weighted by Crippen LogP contribution is 2.26. The maximum atomic E-state index is 11.3. The van der Waals surface area contributed by atoms with Gasteiger partial charge in [0.15, 0.2) is 0 Å². The van der Waals surface area contributed by atoms with Gasteiger partial charge in [0.25, 0.3) is 0 Å². The second kappa shape index (κ2) is 4.75. The normalized spacial score (nSPS) is 35.5. The zero-order valence-corrected chi connectivity index (χ0v) is 8.97. The first-order valence-electron chi connectivity index (χ1n) is 5.39. The number of hydrogen-bond donors (Lipinski definition) is 1. The molecule has 0 spiro atoms. The maximum Gasteiger partial charge on any atom is 0.146 e. The highest BCUT2D eigenvalue weighted by molar-refractivity contribution is 5.81. The summed E-state index contributed by atoms with van der Waals surface area (Å²) in [4.78, 5) is 11.3. The molecular weight excluding hydrogens is 162 g/mol. The molecule has 0 radical (unpaired) electrons. The molecule has 1 fully saturated rings. The van der Waals surface area contributed by atoms with Gasteiger partial charge in [0.1, 0.15) is 5.78 Å². The van der Waals surface area contributed by atoms with Crippen molar-refractivity contribution in [3.05, 3.63) is 0 Å². The number of nitrogens with one attached hydrogen (secondary N) is 1. The molecule has 1 rings (SSSR count). The fourth-order valence-electron chi connectivity index (χ4n) is 2.22. The minimum absolute atomic E-state index is 0.120. The van der Waals surface area contributed by atoms with E-state index in [1.807, 2.05) is 0 Å². The van der Waals surface area contributed by atoms with E-state index in [-0.39, 0.29) is 6.04 Å². The predicted octanol–water partition coefficient (Wildman–Crippen LogP) is 1.99. The highest BCUT2D eigenvalue weighted by Gasteiger charge is 2.25. The Hall–Kier alpha value is -0.370. The minimum atomic E-state index is 0.120. The van der Waals surface area contributed by atoms with Crippen LogP contribution < -0.4 is 5.32 Å². The zero-order valence-electron chi connectivity index (χ0n) is 8.97. The van der Waals surface area contributed by atoms with Gasteiger partial charge in [-0.3, -0.25) is 4.79 Å². The molecule has 0 bridgehead atoms. The first kappa shape index (κ1) is 10.7. The lowest BCUT2D eigenvalue weighted by Crippen LogP contribution is -2.35. The van der Waals surface area contributed by atoms with E-state index in [0.717, 1.165) is 24.8 Å². The Bertz CT molecular complexity index is 179. The standard InChI is InChI=1S/C11H21NO/c1-4-10-7-11(9(3)13)12-6-5-8(10)2/h8,10-12H,4-7H2,1-3H3. The Balaban J connectivity index is 2.58. The van der Waals surface area contributed by atoms with Crippen molar-refractivity contribution in [3.63, 3.8) is 0 Å². The molecule has 1 aliphatic heterocycles. The Morgan fingerprint density at radius 3 is 2.77 bits per heavy atom. The lowest BCUT2D eigenvalue weighted by molar-refractivity contribution is -0.119. The third-order valence-corrected chi connectivity index (χ3v) is 3.35. The summed E-state index contributed by atoms with van der Waals surface area (Å²) in [7, 11) is 0. The molecule has 0 aromatic heterocycles. The van der Waals surface area contributed by atoms with E-state index in [0.29, 0.717) is 5.78 Å². The number of hydrogen-bond acceptors (Lipinski definition) is 2. The summed E-state index contributed by atoms with van der Waals surface area (Å²) in [6, 6.07) is 0.120. The lowest BCUT2D eigenvalue weighted by atomic mass is 9.85. The summed E-state index contributed by atoms with van der Waals surface area (Å²) < 4.78 is 0. The Labute approximate surface area is 81.1 Å². The van der Waals surface area contributed by atoms with Crippen LogP contribution in [-0.2, 0) is 4.79 Å². The van der Waals surface area contributed by atoms with Gasteiger partial charge < -0.3 is 5.32 Å². The van der Waals surface area contributed by atoms with E-state index in [4.69, 9.17) is 0 Å². The van der Waals surface area contributed by atoms with Crippen molar-refractivity contribution >= 4 is 5.78 Å². The van der Waals surface area contributed by atoms with Gasteiger partial charge in [-0.05, 0) is 38.1 Å². The minimum Gasteiger partial charge on any atom is -0.307 e. The fourth-order valence-corrected chi connectivity index (χ4v) is 2.22. The lowest BCUT2D eigenvalue weighted by Gasteiger charge is -2.21. The van der Waals surface area contributed by atoms with Gasteiger partial charge in [0, 0.05) is 0 Å². The van der Waals surface area contributed by atoms with E-state index in [2.05, 4.69) is 19.2 Å². The number of carbonyl (C=O) groups is 1. The molecule has 0 aromatic carbocycles. The van der Waals surface area contributed by atoms with Crippen molar-refractivity contribution in [3.8, 4) is 0 Å². The van der Waals surface area contributed by atoms with Crippen LogP contribution in [0.3, 0.4) is 0 Å². The van der Waals surface area contributed by atoms with E-state index in [9.17, 15) is 4.79 Å². The Morgan fingerprint density at radius 2 is 2.23 bits per heavy atom. The molecule has 0 saturated carbocycles. The molecule has 1 N–H and O–H groups in total. The topological polar surface area (TPSA) is 29.1 Å². The number of rotatable bonds is 2. The van der Waals surface area contributed by atoms with Crippen LogP contribution in [0.15, 0.2) is 0 Å². The SMILES string of the molecule is CCC1CC(C(C)=O)NCCC1C. The van der Waals surface area contributed by atoms with Crippen LogP contribution in [0, 0.1) is 11.8 Å². The summed E-state index contributed by atoms with van der Waals surface area (Å²) in [5.41, 5.74) is 0. The molecule has 3 atom stereocenters. The monoisotopic (exact) mass is 183 g/mol. The smallest absolute Gasteiger partial charge is 0.146 e. The average molecular weight is 183 g/mol. The molecule has 1 saturated heterocycles. The molecule has 2 heteroatoms. The van der Waals surface area contributed by atoms with Crippen LogP contribution in [0.4, 0.5) is 0 Å². The van der Waals surface area contributed by atoms with Crippen LogP contribution in [0.1, 0.15) is 40.0 Å². The van der Waals surface area contributed by atoms with Gasteiger partial charge in [0.05, 0.1) is 6.04 Å². The Morgan fingerprint density at radius 1 is 1.54 bits per heavy atom. The van der Waals surface area contributed by atoms with Gasteiger partial charge in [-0.15, -0.1) is 0 Å². The van der Waals surface area contributed by atoms with Crippen LogP contribution in [0.5, 0.6) is 0 Å². The van der Waals surface area contributed by atoms with Gasteiger partial charge >= 0.3 is 0 Å². The van der Waals surface area contributed by atoms with Gasteiger partial charge in [-0.25, -0.2) is 0 Å². The maximum absolute atomic E-state index is 11.3. The predicted molar refractivity (Wildman–Crippen MR) is 54.7 cm³/mol. The van der Waals surface area contributed by atoms with Crippen LogP contribution in [-0.4, -0.2) is 18.4 Å². The second-order valence-corrected chi connectivity index (χ2v) is 4.29. The summed E-state index contributed by atoms with van der Waals surface area (Å²) in [6.45, 7) is 7.23. The van der Waals surface area contributed by atoms with E-state index in [1.54, 1.807) is 6.92 Å². The quantitative estimate of drug-likeness (QED) is 0.709. The van der Waals surface area contributed by atoms with Crippen LogP contribution in [0.2, 0.25) is 0 Å². The largest absolute Gasteiger partial charge is 0.307 e. The fraction of sp³-hybridized carbons (Fsp3) is 0.909. The third-order valence-electron chi connectivity index (χ3n) is 3.35. The van der Waals surface area contributed by atoms with Crippen molar-refractivity contribution in [2.24, 2.45) is 11.8 Å². The number of carbonyl (C=O) groups excluding carboxylic acids is 1. The molecule has 1 aliphatic rings. The van der Waals surface area contributed by atoms with E-state index < -0.39 is 0 Å².